The fourth-order valence-corrected chi connectivity index (χ4v) is 4.14. The molecule has 0 unspecified atom stereocenters. The second-order valence-electron chi connectivity index (χ2n) is 8.67. The second kappa shape index (κ2) is 11.0. The summed E-state index contributed by atoms with van der Waals surface area (Å²) in [6.07, 6.45) is 2.20. The SMILES string of the molecule is COC(=O)c1ccc(/C=N/n2c(N)c(C(=O)NCCc3ccc(OC)cc3)c3nc4ccccc4nc32)cc1. The first-order valence-electron chi connectivity index (χ1n) is 12.2. The third-order valence-electron chi connectivity index (χ3n) is 6.21. The summed E-state index contributed by atoms with van der Waals surface area (Å²) in [4.78, 5) is 34.4. The van der Waals surface area contributed by atoms with Crippen LogP contribution in [0.3, 0.4) is 0 Å². The van der Waals surface area contributed by atoms with Crippen molar-refractivity contribution in [2.75, 3.05) is 26.5 Å². The first kappa shape index (κ1) is 25.4. The van der Waals surface area contributed by atoms with Gasteiger partial charge in [0.25, 0.3) is 5.91 Å². The fourth-order valence-electron chi connectivity index (χ4n) is 4.14. The van der Waals surface area contributed by atoms with Crippen molar-refractivity contribution in [3.63, 3.8) is 0 Å². The summed E-state index contributed by atoms with van der Waals surface area (Å²) in [6, 6.07) is 21.8. The summed E-state index contributed by atoms with van der Waals surface area (Å²) in [5, 5.41) is 7.45. The van der Waals surface area contributed by atoms with Crippen molar-refractivity contribution >= 4 is 46.1 Å². The number of methoxy groups -OCH3 is 2. The van der Waals surface area contributed by atoms with Gasteiger partial charge < -0.3 is 20.5 Å². The van der Waals surface area contributed by atoms with E-state index in [1.54, 1.807) is 37.6 Å². The first-order chi connectivity index (χ1) is 19.0. The number of para-hydroxylation sites is 2. The van der Waals surface area contributed by atoms with Crippen molar-refractivity contribution in [1.29, 1.82) is 0 Å². The summed E-state index contributed by atoms with van der Waals surface area (Å²) in [6.45, 7) is 0.397. The molecule has 196 valence electrons. The van der Waals surface area contributed by atoms with Gasteiger partial charge in [-0.2, -0.15) is 9.78 Å². The van der Waals surface area contributed by atoms with Crippen molar-refractivity contribution in [1.82, 2.24) is 20.0 Å². The molecule has 0 atom stereocenters. The molecular formula is C29H26N6O4. The third-order valence-corrected chi connectivity index (χ3v) is 6.21. The zero-order valence-electron chi connectivity index (χ0n) is 21.4. The highest BCUT2D eigenvalue weighted by atomic mass is 16.5. The zero-order chi connectivity index (χ0) is 27.4. The maximum Gasteiger partial charge on any atom is 0.337 e. The van der Waals surface area contributed by atoms with E-state index in [-0.39, 0.29) is 17.3 Å². The van der Waals surface area contributed by atoms with Gasteiger partial charge >= 0.3 is 5.97 Å². The van der Waals surface area contributed by atoms with Crippen LogP contribution in [-0.4, -0.2) is 53.5 Å². The molecule has 2 heterocycles. The Hall–Kier alpha value is -5.25. The Morgan fingerprint density at radius 1 is 0.974 bits per heavy atom. The summed E-state index contributed by atoms with van der Waals surface area (Å²) in [5.41, 5.74) is 10.9. The number of amides is 1. The molecule has 39 heavy (non-hydrogen) atoms. The van der Waals surface area contributed by atoms with Crippen molar-refractivity contribution in [3.8, 4) is 5.75 Å². The molecule has 3 aromatic carbocycles. The van der Waals surface area contributed by atoms with E-state index in [4.69, 9.17) is 25.2 Å². The first-order valence-corrected chi connectivity index (χ1v) is 12.2. The van der Waals surface area contributed by atoms with E-state index in [1.165, 1.54) is 11.8 Å². The molecule has 1 amide bonds. The maximum absolute atomic E-state index is 13.3. The largest absolute Gasteiger partial charge is 0.497 e. The normalized spacial score (nSPS) is 11.2. The molecule has 5 aromatic rings. The summed E-state index contributed by atoms with van der Waals surface area (Å²) in [7, 11) is 2.95. The van der Waals surface area contributed by atoms with Crippen LogP contribution in [0.1, 0.15) is 31.8 Å². The molecular weight excluding hydrogens is 496 g/mol. The van der Waals surface area contributed by atoms with Gasteiger partial charge in [0, 0.05) is 6.54 Å². The van der Waals surface area contributed by atoms with Crippen LogP contribution in [0, 0.1) is 0 Å². The predicted molar refractivity (Wildman–Crippen MR) is 149 cm³/mol. The van der Waals surface area contributed by atoms with Crippen LogP contribution >= 0.6 is 0 Å². The highest BCUT2D eigenvalue weighted by molar-refractivity contribution is 6.10. The Morgan fingerprint density at radius 2 is 1.67 bits per heavy atom. The van der Waals surface area contributed by atoms with Crippen molar-refractivity contribution in [3.05, 3.63) is 95.1 Å². The highest BCUT2D eigenvalue weighted by Crippen LogP contribution is 2.28. The molecule has 0 saturated heterocycles. The minimum Gasteiger partial charge on any atom is -0.497 e. The molecule has 3 N–H and O–H groups in total. The lowest BCUT2D eigenvalue weighted by Crippen LogP contribution is -2.26. The van der Waals surface area contributed by atoms with E-state index in [0.717, 1.165) is 11.3 Å². The summed E-state index contributed by atoms with van der Waals surface area (Å²) >= 11 is 0. The Balaban J connectivity index is 1.46. The van der Waals surface area contributed by atoms with Crippen LogP contribution in [0.25, 0.3) is 22.2 Å². The number of nitrogens with one attached hydrogen (secondary N) is 1. The Morgan fingerprint density at radius 3 is 2.33 bits per heavy atom. The molecule has 5 rings (SSSR count). The van der Waals surface area contributed by atoms with Crippen LogP contribution < -0.4 is 15.8 Å². The number of anilines is 1. The molecule has 0 spiro atoms. The molecule has 0 aliphatic rings. The lowest BCUT2D eigenvalue weighted by molar-refractivity contribution is 0.0600. The van der Waals surface area contributed by atoms with E-state index >= 15 is 0 Å². The van der Waals surface area contributed by atoms with Gasteiger partial charge in [-0.15, -0.1) is 0 Å². The molecule has 0 saturated carbocycles. The smallest absolute Gasteiger partial charge is 0.337 e. The quantitative estimate of drug-likeness (QED) is 0.234. The van der Waals surface area contributed by atoms with E-state index in [2.05, 4.69) is 10.4 Å². The van der Waals surface area contributed by atoms with Crippen LogP contribution in [0.15, 0.2) is 77.9 Å². The van der Waals surface area contributed by atoms with E-state index in [9.17, 15) is 9.59 Å². The van der Waals surface area contributed by atoms with Gasteiger partial charge in [0.15, 0.2) is 5.65 Å². The zero-order valence-corrected chi connectivity index (χ0v) is 21.4. The molecule has 0 bridgehead atoms. The number of benzene rings is 3. The number of hydrogen-bond acceptors (Lipinski definition) is 8. The number of nitrogens with two attached hydrogens (primary N) is 1. The van der Waals surface area contributed by atoms with E-state index in [1.807, 2.05) is 48.5 Å². The third kappa shape index (κ3) is 5.26. The Kier molecular flexibility index (Phi) is 7.17. The van der Waals surface area contributed by atoms with Crippen LogP contribution in [0.2, 0.25) is 0 Å². The van der Waals surface area contributed by atoms with Gasteiger partial charge in [0.05, 0.1) is 37.0 Å². The van der Waals surface area contributed by atoms with Crippen LogP contribution in [0.4, 0.5) is 5.82 Å². The topological polar surface area (TPSA) is 134 Å². The predicted octanol–water partition coefficient (Wildman–Crippen LogP) is 3.82. The molecule has 10 nitrogen and oxygen atoms in total. The molecule has 0 aliphatic heterocycles. The number of carbonyl (C=O) groups excluding carboxylic acids is 2. The number of carbonyl (C=O) groups is 2. The number of ether oxygens (including phenoxy) is 2. The minimum atomic E-state index is -0.427. The molecule has 0 fully saturated rings. The monoisotopic (exact) mass is 522 g/mol. The highest BCUT2D eigenvalue weighted by Gasteiger charge is 2.24. The average Bonchev–Trinajstić information content (AvgIpc) is 3.24. The number of aromatic nitrogens is 3. The van der Waals surface area contributed by atoms with Gasteiger partial charge in [-0.1, -0.05) is 36.4 Å². The number of esters is 1. The van der Waals surface area contributed by atoms with E-state index < -0.39 is 5.97 Å². The standard InChI is InChI=1S/C29H26N6O4/c1-38-21-13-9-18(10-14-21)15-16-31-28(36)24-25-27(34-23-6-4-3-5-22(23)33-25)35(26(24)30)32-17-19-7-11-20(12-8-19)29(37)39-2/h3-14,17H,15-16,30H2,1-2H3,(H,31,36)/b32-17+. The van der Waals surface area contributed by atoms with Gasteiger partial charge in [0.2, 0.25) is 0 Å². The van der Waals surface area contributed by atoms with Gasteiger partial charge in [-0.25, -0.2) is 14.8 Å². The lowest BCUT2D eigenvalue weighted by Gasteiger charge is -2.06. The number of hydrogen-bond donors (Lipinski definition) is 2. The number of nitrogens with zero attached hydrogens (tertiary/aromatic N) is 4. The number of fused-ring (bicyclic) bond motifs is 2. The second-order valence-corrected chi connectivity index (χ2v) is 8.67. The van der Waals surface area contributed by atoms with E-state index in [0.29, 0.717) is 46.3 Å². The lowest BCUT2D eigenvalue weighted by atomic mass is 10.1. The summed E-state index contributed by atoms with van der Waals surface area (Å²) in [5.74, 6) is 0.0923. The number of rotatable bonds is 8. The molecule has 2 aromatic heterocycles. The van der Waals surface area contributed by atoms with Gasteiger partial charge in [0.1, 0.15) is 22.6 Å². The van der Waals surface area contributed by atoms with Crippen molar-refractivity contribution < 1.29 is 19.1 Å². The molecule has 0 aliphatic carbocycles. The van der Waals surface area contributed by atoms with Crippen molar-refractivity contribution in [2.45, 2.75) is 6.42 Å². The molecule has 0 radical (unpaired) electrons. The van der Waals surface area contributed by atoms with Gasteiger partial charge in [-0.3, -0.25) is 4.79 Å². The Bertz CT molecular complexity index is 1690. The number of nitrogen functional groups attached to an aromatic ring is 1. The molecule has 10 heteroatoms. The Labute approximate surface area is 224 Å². The van der Waals surface area contributed by atoms with Crippen LogP contribution in [0.5, 0.6) is 5.75 Å². The average molecular weight is 523 g/mol. The summed E-state index contributed by atoms with van der Waals surface area (Å²) < 4.78 is 11.3. The van der Waals surface area contributed by atoms with Gasteiger partial charge in [-0.05, 0) is 53.9 Å². The van der Waals surface area contributed by atoms with Crippen molar-refractivity contribution in [2.24, 2.45) is 5.10 Å². The fraction of sp³-hybridized carbons (Fsp3) is 0.138. The maximum atomic E-state index is 13.3. The van der Waals surface area contributed by atoms with Crippen LogP contribution in [-0.2, 0) is 11.2 Å². The minimum absolute atomic E-state index is 0.115.